The number of pyridine rings is 1. The molecule has 0 aliphatic rings. The summed E-state index contributed by atoms with van der Waals surface area (Å²) in [4.78, 5) is 12.2. The second kappa shape index (κ2) is 6.95. The van der Waals surface area contributed by atoms with Crippen molar-refractivity contribution in [1.82, 2.24) is 0 Å². The van der Waals surface area contributed by atoms with Crippen LogP contribution in [0.2, 0.25) is 0 Å². The fourth-order valence-electron chi connectivity index (χ4n) is 1.69. The number of carbonyl (C=O) groups is 1. The third kappa shape index (κ3) is 4.22. The van der Waals surface area contributed by atoms with Crippen molar-refractivity contribution in [2.75, 3.05) is 5.32 Å². The van der Waals surface area contributed by atoms with E-state index in [1.165, 1.54) is 18.0 Å². The number of carbonyl (C=O) groups excluding carboxylic acids is 1. The molecule has 1 amide bonds. The molecule has 110 valence electrons. The Morgan fingerprint density at radius 3 is 2.81 bits per heavy atom. The normalized spacial score (nSPS) is 12.0. The average molecular weight is 367 g/mol. The van der Waals surface area contributed by atoms with Gasteiger partial charge in [-0.15, -0.1) is 0 Å². The first-order valence-corrected chi connectivity index (χ1v) is 8.06. The van der Waals surface area contributed by atoms with Gasteiger partial charge in [0, 0.05) is 16.6 Å². The second-order valence-electron chi connectivity index (χ2n) is 4.60. The van der Waals surface area contributed by atoms with Gasteiger partial charge in [0.05, 0.1) is 10.9 Å². The molecule has 4 nitrogen and oxygen atoms in total. The van der Waals surface area contributed by atoms with Gasteiger partial charge in [-0.2, -0.15) is 4.73 Å². The SMILES string of the molecule is Cc1ccc(NC(=O)C(C)Sc2cccc[n+]2[O-])c(Br)c1. The van der Waals surface area contributed by atoms with Crippen molar-refractivity contribution in [3.8, 4) is 0 Å². The Bertz CT molecular complexity index is 664. The molecule has 0 bridgehead atoms. The maximum Gasteiger partial charge on any atom is 0.252 e. The van der Waals surface area contributed by atoms with Crippen molar-refractivity contribution in [2.24, 2.45) is 0 Å². The highest BCUT2D eigenvalue weighted by Gasteiger charge is 2.19. The Morgan fingerprint density at radius 2 is 2.14 bits per heavy atom. The zero-order valence-electron chi connectivity index (χ0n) is 11.7. The molecule has 2 aromatic rings. The maximum absolute atomic E-state index is 12.2. The van der Waals surface area contributed by atoms with E-state index in [1.807, 2.05) is 25.1 Å². The molecule has 0 radical (unpaired) electrons. The standard InChI is InChI=1S/C15H15BrN2O2S/c1-10-6-7-13(12(16)9-10)17-15(19)11(2)21-14-5-3-4-8-18(14)20/h3-9,11H,1-2H3,(H,17,19). The lowest BCUT2D eigenvalue weighted by atomic mass is 10.2. The predicted octanol–water partition coefficient (Wildman–Crippen LogP) is 3.51. The van der Waals surface area contributed by atoms with Gasteiger partial charge in [0.25, 0.3) is 5.03 Å². The van der Waals surface area contributed by atoms with Gasteiger partial charge in [-0.1, -0.05) is 6.07 Å². The van der Waals surface area contributed by atoms with Crippen LogP contribution >= 0.6 is 27.7 Å². The van der Waals surface area contributed by atoms with Crippen molar-refractivity contribution in [1.29, 1.82) is 0 Å². The quantitative estimate of drug-likeness (QED) is 0.511. The molecule has 2 rings (SSSR count). The summed E-state index contributed by atoms with van der Waals surface area (Å²) in [5, 5.41) is 14.6. The molecule has 1 N–H and O–H groups in total. The molecule has 0 spiro atoms. The maximum atomic E-state index is 12.2. The predicted molar refractivity (Wildman–Crippen MR) is 88.2 cm³/mol. The minimum atomic E-state index is -0.374. The van der Waals surface area contributed by atoms with E-state index in [1.54, 1.807) is 25.1 Å². The van der Waals surface area contributed by atoms with Gasteiger partial charge in [0.2, 0.25) is 5.91 Å². The first-order chi connectivity index (χ1) is 9.97. The van der Waals surface area contributed by atoms with Crippen LogP contribution in [0.15, 0.2) is 52.1 Å². The number of nitrogens with one attached hydrogen (secondary N) is 1. The fourth-order valence-corrected chi connectivity index (χ4v) is 3.14. The number of thioether (sulfide) groups is 1. The highest BCUT2D eigenvalue weighted by atomic mass is 79.9. The number of aryl methyl sites for hydroxylation is 1. The first kappa shape index (κ1) is 15.9. The summed E-state index contributed by atoms with van der Waals surface area (Å²) < 4.78 is 1.60. The van der Waals surface area contributed by atoms with Crippen molar-refractivity contribution in [3.63, 3.8) is 0 Å². The lowest BCUT2D eigenvalue weighted by Crippen LogP contribution is -2.30. The van der Waals surface area contributed by atoms with E-state index in [0.717, 1.165) is 20.5 Å². The van der Waals surface area contributed by atoms with Crippen LogP contribution in [0.3, 0.4) is 0 Å². The highest BCUT2D eigenvalue weighted by molar-refractivity contribution is 9.10. The van der Waals surface area contributed by atoms with E-state index in [0.29, 0.717) is 5.03 Å². The van der Waals surface area contributed by atoms with Crippen LogP contribution in [0.25, 0.3) is 0 Å². The Hall–Kier alpha value is -1.53. The highest BCUT2D eigenvalue weighted by Crippen LogP contribution is 2.25. The van der Waals surface area contributed by atoms with E-state index in [-0.39, 0.29) is 11.2 Å². The molecule has 0 fully saturated rings. The van der Waals surface area contributed by atoms with Crippen LogP contribution in [0.5, 0.6) is 0 Å². The zero-order valence-corrected chi connectivity index (χ0v) is 14.1. The van der Waals surface area contributed by atoms with Gasteiger partial charge in [-0.25, -0.2) is 0 Å². The lowest BCUT2D eigenvalue weighted by Gasteiger charge is -2.13. The minimum Gasteiger partial charge on any atom is -0.618 e. The van der Waals surface area contributed by atoms with Gasteiger partial charge in [0.15, 0.2) is 6.20 Å². The van der Waals surface area contributed by atoms with Crippen LogP contribution in [0, 0.1) is 12.1 Å². The van der Waals surface area contributed by atoms with Crippen LogP contribution in [0.4, 0.5) is 5.69 Å². The average Bonchev–Trinajstić information content (AvgIpc) is 2.44. The third-order valence-corrected chi connectivity index (χ3v) is 4.62. The number of hydrogen-bond acceptors (Lipinski definition) is 3. The fraction of sp³-hybridized carbons (Fsp3) is 0.200. The van der Waals surface area contributed by atoms with Gasteiger partial charge < -0.3 is 10.5 Å². The number of hydrogen-bond donors (Lipinski definition) is 1. The van der Waals surface area contributed by atoms with Crippen molar-refractivity contribution >= 4 is 39.3 Å². The number of nitrogens with zero attached hydrogens (tertiary/aromatic N) is 1. The molecule has 21 heavy (non-hydrogen) atoms. The molecule has 1 unspecified atom stereocenters. The molecular formula is C15H15BrN2O2S. The molecule has 0 aliphatic carbocycles. The largest absolute Gasteiger partial charge is 0.618 e. The number of halogens is 1. The van der Waals surface area contributed by atoms with Crippen molar-refractivity contribution in [3.05, 3.63) is 57.8 Å². The van der Waals surface area contributed by atoms with Gasteiger partial charge in [-0.3, -0.25) is 4.79 Å². The Balaban J connectivity index is 2.04. The van der Waals surface area contributed by atoms with Crippen molar-refractivity contribution < 1.29 is 9.52 Å². The molecular weight excluding hydrogens is 352 g/mol. The van der Waals surface area contributed by atoms with E-state index in [2.05, 4.69) is 21.2 Å². The van der Waals surface area contributed by atoms with Crippen molar-refractivity contribution in [2.45, 2.75) is 24.1 Å². The molecule has 0 aliphatic heterocycles. The second-order valence-corrected chi connectivity index (χ2v) is 6.81. The van der Waals surface area contributed by atoms with E-state index >= 15 is 0 Å². The summed E-state index contributed by atoms with van der Waals surface area (Å²) >= 11 is 4.66. The summed E-state index contributed by atoms with van der Waals surface area (Å²) in [7, 11) is 0. The molecule has 0 saturated heterocycles. The van der Waals surface area contributed by atoms with Crippen LogP contribution in [-0.2, 0) is 4.79 Å². The summed E-state index contributed by atoms with van der Waals surface area (Å²) in [6, 6.07) is 10.9. The van der Waals surface area contributed by atoms with Gasteiger partial charge in [-0.05, 0) is 65.3 Å². The molecule has 1 aromatic heterocycles. The summed E-state index contributed by atoms with van der Waals surface area (Å²) in [5.41, 5.74) is 1.83. The minimum absolute atomic E-state index is 0.145. The summed E-state index contributed by atoms with van der Waals surface area (Å²) in [6.07, 6.45) is 1.42. The molecule has 1 heterocycles. The first-order valence-electron chi connectivity index (χ1n) is 6.39. The number of aromatic nitrogens is 1. The number of rotatable bonds is 4. The molecule has 1 aromatic carbocycles. The van der Waals surface area contributed by atoms with Gasteiger partial charge in [0.1, 0.15) is 0 Å². The van der Waals surface area contributed by atoms with Gasteiger partial charge >= 0.3 is 0 Å². The number of amides is 1. The van der Waals surface area contributed by atoms with Crippen LogP contribution in [0.1, 0.15) is 12.5 Å². The topological polar surface area (TPSA) is 56.0 Å². The lowest BCUT2D eigenvalue weighted by molar-refractivity contribution is -0.645. The van der Waals surface area contributed by atoms with Crippen LogP contribution < -0.4 is 10.0 Å². The number of benzene rings is 1. The Morgan fingerprint density at radius 1 is 1.38 bits per heavy atom. The summed E-state index contributed by atoms with van der Waals surface area (Å²) in [6.45, 7) is 3.76. The summed E-state index contributed by atoms with van der Waals surface area (Å²) in [5.74, 6) is -0.145. The van der Waals surface area contributed by atoms with E-state index < -0.39 is 0 Å². The van der Waals surface area contributed by atoms with E-state index in [4.69, 9.17) is 0 Å². The zero-order chi connectivity index (χ0) is 15.4. The Kier molecular flexibility index (Phi) is 5.25. The Labute approximate surface area is 136 Å². The van der Waals surface area contributed by atoms with E-state index in [9.17, 15) is 10.0 Å². The molecule has 1 atom stereocenters. The monoisotopic (exact) mass is 366 g/mol. The molecule has 0 saturated carbocycles. The van der Waals surface area contributed by atoms with Crippen LogP contribution in [-0.4, -0.2) is 11.2 Å². The number of anilines is 1. The smallest absolute Gasteiger partial charge is 0.252 e. The third-order valence-electron chi connectivity index (χ3n) is 2.84. The molecule has 6 heteroatoms.